The highest BCUT2D eigenvalue weighted by Gasteiger charge is 2.34. The summed E-state index contributed by atoms with van der Waals surface area (Å²) in [7, 11) is 3.44. The molecule has 0 unspecified atom stereocenters. The maximum Gasteiger partial charge on any atom is 0.407 e. The van der Waals surface area contributed by atoms with Gasteiger partial charge in [0.25, 0.3) is 5.89 Å². The summed E-state index contributed by atoms with van der Waals surface area (Å²) in [4.78, 5) is 27.3. The number of nitriles is 1. The zero-order valence-corrected chi connectivity index (χ0v) is 19.8. The highest BCUT2D eigenvalue weighted by Crippen LogP contribution is 2.40. The van der Waals surface area contributed by atoms with Crippen LogP contribution in [0.15, 0.2) is 26.5 Å². The average Bonchev–Trinajstić information content (AvgIpc) is 3.63. The Morgan fingerprint density at radius 2 is 1.97 bits per heavy atom. The molecule has 0 radical (unpaired) electrons. The van der Waals surface area contributed by atoms with E-state index in [-0.39, 0.29) is 35.2 Å². The van der Waals surface area contributed by atoms with E-state index < -0.39 is 12.3 Å². The molecule has 13 heteroatoms. The summed E-state index contributed by atoms with van der Waals surface area (Å²) in [6.07, 6.45) is 4.45. The lowest BCUT2D eigenvalue weighted by Gasteiger charge is -2.35. The number of oxime groups is 1. The van der Waals surface area contributed by atoms with Gasteiger partial charge in [-0.1, -0.05) is 5.16 Å². The third kappa shape index (κ3) is 4.62. The summed E-state index contributed by atoms with van der Waals surface area (Å²) >= 11 is 0. The first kappa shape index (κ1) is 23.8. The Balaban J connectivity index is 1.37. The number of aryl methyl sites for hydroxylation is 1. The Labute approximate surface area is 204 Å². The summed E-state index contributed by atoms with van der Waals surface area (Å²) in [5.74, 6) is 1.02. The van der Waals surface area contributed by atoms with E-state index in [0.717, 1.165) is 12.8 Å². The van der Waals surface area contributed by atoms with E-state index in [1.54, 1.807) is 19.2 Å². The first-order valence-electron chi connectivity index (χ1n) is 11.7. The van der Waals surface area contributed by atoms with E-state index in [1.807, 2.05) is 18.0 Å². The van der Waals surface area contributed by atoms with E-state index >= 15 is 0 Å². The van der Waals surface area contributed by atoms with Gasteiger partial charge in [-0.05, 0) is 50.7 Å². The van der Waals surface area contributed by atoms with Crippen molar-refractivity contribution >= 4 is 22.6 Å². The van der Waals surface area contributed by atoms with E-state index in [2.05, 4.69) is 30.2 Å². The normalized spacial score (nSPS) is 20.5. The topological polar surface area (TPSA) is 135 Å². The van der Waals surface area contributed by atoms with Gasteiger partial charge in [-0.2, -0.15) is 19.0 Å². The molecule has 2 saturated carbocycles. The second-order valence-corrected chi connectivity index (χ2v) is 9.13. The molecule has 11 nitrogen and oxygen atoms in total. The van der Waals surface area contributed by atoms with Crippen LogP contribution in [0.3, 0.4) is 0 Å². The Morgan fingerprint density at radius 3 is 2.64 bits per heavy atom. The van der Waals surface area contributed by atoms with Crippen molar-refractivity contribution in [3.8, 4) is 6.07 Å². The first-order valence-corrected chi connectivity index (χ1v) is 11.7. The van der Waals surface area contributed by atoms with Gasteiger partial charge in [0.1, 0.15) is 23.0 Å². The maximum atomic E-state index is 12.8. The molecule has 2 aliphatic carbocycles. The van der Waals surface area contributed by atoms with Crippen LogP contribution >= 0.6 is 0 Å². The Kier molecular flexibility index (Phi) is 6.34. The molecule has 0 atom stereocenters. The van der Waals surface area contributed by atoms with E-state index in [1.165, 1.54) is 4.57 Å². The Morgan fingerprint density at radius 1 is 1.22 bits per heavy atom. The van der Waals surface area contributed by atoms with Crippen molar-refractivity contribution in [1.82, 2.24) is 24.7 Å². The van der Waals surface area contributed by atoms with Crippen molar-refractivity contribution in [2.75, 3.05) is 11.9 Å². The van der Waals surface area contributed by atoms with Gasteiger partial charge in [0, 0.05) is 32.0 Å². The zero-order valence-electron chi connectivity index (χ0n) is 19.8. The number of anilines is 1. The second kappa shape index (κ2) is 9.60. The molecule has 2 aliphatic rings. The number of hydrogen-bond acceptors (Lipinski definition) is 10. The van der Waals surface area contributed by atoms with Crippen LogP contribution in [0.1, 0.15) is 61.9 Å². The second-order valence-electron chi connectivity index (χ2n) is 9.13. The number of nitrogens with zero attached hydrogens (tertiary/aromatic N) is 8. The highest BCUT2D eigenvalue weighted by atomic mass is 19.3. The van der Waals surface area contributed by atoms with Crippen LogP contribution in [0.25, 0.3) is 11.0 Å². The van der Waals surface area contributed by atoms with Crippen LogP contribution in [0.2, 0.25) is 0 Å². The minimum atomic E-state index is -3.06. The van der Waals surface area contributed by atoms with Gasteiger partial charge in [-0.25, -0.2) is 9.78 Å². The number of rotatable bonds is 7. The molecule has 5 rings (SSSR count). The smallest absolute Gasteiger partial charge is 0.407 e. The third-order valence-corrected chi connectivity index (χ3v) is 6.83. The minimum Gasteiger partial charge on any atom is -0.419 e. The average molecular weight is 498 g/mol. The van der Waals surface area contributed by atoms with E-state index in [9.17, 15) is 18.8 Å². The van der Waals surface area contributed by atoms with Crippen LogP contribution in [-0.2, 0) is 11.9 Å². The summed E-state index contributed by atoms with van der Waals surface area (Å²) < 4.78 is 32.6. The molecule has 0 spiro atoms. The molecular formula is C23H24F2N8O3. The number of halogens is 2. The maximum absolute atomic E-state index is 12.8. The van der Waals surface area contributed by atoms with Gasteiger partial charge in [-0.15, -0.1) is 10.2 Å². The minimum absolute atomic E-state index is 0.00132. The van der Waals surface area contributed by atoms with Crippen LogP contribution in [-0.4, -0.2) is 50.1 Å². The standard InChI is InChI=1S/C23H24F2N8O3/c1-32(19-18-16(33(2)23(34)28-19)10-7-14(11-26)27-18)15-8-5-12(6-9-15)17(31-36-22(24)25)21-30-29-20(35-21)13-3-4-13/h7,10,12-13,15,22H,3-6,8-9H2,1-2H3/b31-17-. The SMILES string of the molecule is CN(c1nc(=O)n(C)c2ccc(C#N)nc12)C1CCC(/C(=N/OC(F)F)c2nnc(C3CC3)o2)CC1. The van der Waals surface area contributed by atoms with Crippen LogP contribution < -0.4 is 10.6 Å². The van der Waals surface area contributed by atoms with Crippen molar-refractivity contribution in [3.05, 3.63) is 40.1 Å². The zero-order chi connectivity index (χ0) is 25.4. The number of fused-ring (bicyclic) bond motifs is 1. The molecule has 36 heavy (non-hydrogen) atoms. The predicted molar refractivity (Wildman–Crippen MR) is 124 cm³/mol. The monoisotopic (exact) mass is 498 g/mol. The van der Waals surface area contributed by atoms with Gasteiger partial charge >= 0.3 is 12.3 Å². The van der Waals surface area contributed by atoms with Crippen molar-refractivity contribution in [3.63, 3.8) is 0 Å². The molecule has 0 aliphatic heterocycles. The summed E-state index contributed by atoms with van der Waals surface area (Å²) in [5.41, 5.74) is 1.07. The van der Waals surface area contributed by atoms with Gasteiger partial charge in [-0.3, -0.25) is 4.57 Å². The first-order chi connectivity index (χ1) is 17.4. The molecule has 2 fully saturated rings. The molecule has 188 valence electrons. The molecule has 0 saturated heterocycles. The van der Waals surface area contributed by atoms with Crippen LogP contribution in [0.4, 0.5) is 14.6 Å². The summed E-state index contributed by atoms with van der Waals surface area (Å²) in [6, 6.07) is 5.27. The third-order valence-electron chi connectivity index (χ3n) is 6.83. The highest BCUT2D eigenvalue weighted by molar-refractivity contribution is 5.98. The number of pyridine rings is 1. The lowest BCUT2D eigenvalue weighted by Crippen LogP contribution is -2.39. The summed E-state index contributed by atoms with van der Waals surface area (Å²) in [6.45, 7) is -3.06. The van der Waals surface area contributed by atoms with Crippen LogP contribution in [0, 0.1) is 17.2 Å². The molecule has 0 bridgehead atoms. The van der Waals surface area contributed by atoms with Gasteiger partial charge in [0.05, 0.1) is 5.52 Å². The quantitative estimate of drug-likeness (QED) is 0.355. The van der Waals surface area contributed by atoms with Crippen molar-refractivity contribution in [1.29, 1.82) is 5.26 Å². The van der Waals surface area contributed by atoms with Gasteiger partial charge in [0.2, 0.25) is 5.89 Å². The largest absolute Gasteiger partial charge is 0.419 e. The van der Waals surface area contributed by atoms with Crippen molar-refractivity contribution in [2.45, 2.75) is 57.1 Å². The lowest BCUT2D eigenvalue weighted by molar-refractivity contribution is -0.128. The molecule has 3 heterocycles. The fourth-order valence-electron chi connectivity index (χ4n) is 4.64. The number of hydrogen-bond donors (Lipinski definition) is 0. The molecule has 3 aromatic rings. The van der Waals surface area contributed by atoms with Crippen LogP contribution in [0.5, 0.6) is 0 Å². The van der Waals surface area contributed by atoms with Crippen molar-refractivity contribution < 1.29 is 18.0 Å². The fourth-order valence-corrected chi connectivity index (χ4v) is 4.64. The number of aromatic nitrogens is 5. The van der Waals surface area contributed by atoms with E-state index in [4.69, 9.17) is 4.42 Å². The van der Waals surface area contributed by atoms with Gasteiger partial charge < -0.3 is 14.2 Å². The Bertz CT molecular complexity index is 1400. The Hall–Kier alpha value is -3.95. The molecule has 0 aromatic carbocycles. The number of alkyl halides is 2. The van der Waals surface area contributed by atoms with Gasteiger partial charge in [0.15, 0.2) is 5.82 Å². The predicted octanol–water partition coefficient (Wildman–Crippen LogP) is 3.10. The summed E-state index contributed by atoms with van der Waals surface area (Å²) in [5, 5.41) is 21.0. The molecule has 0 N–H and O–H groups in total. The van der Waals surface area contributed by atoms with E-state index in [0.29, 0.717) is 48.4 Å². The molecular weight excluding hydrogens is 474 g/mol. The van der Waals surface area contributed by atoms with Crippen molar-refractivity contribution in [2.24, 2.45) is 18.1 Å². The lowest BCUT2D eigenvalue weighted by atomic mass is 9.82. The molecule has 0 amide bonds. The fraction of sp³-hybridized carbons (Fsp3) is 0.522. The molecule has 3 aromatic heterocycles.